The second kappa shape index (κ2) is 5.69. The van der Waals surface area contributed by atoms with Crippen LogP contribution in [0.5, 0.6) is 0 Å². The zero-order valence-corrected chi connectivity index (χ0v) is 11.0. The van der Waals surface area contributed by atoms with E-state index in [-0.39, 0.29) is 0 Å². The molecule has 1 saturated carbocycles. The third-order valence-electron chi connectivity index (χ3n) is 2.93. The fourth-order valence-electron chi connectivity index (χ4n) is 1.77. The first-order valence-electron chi connectivity index (χ1n) is 6.31. The van der Waals surface area contributed by atoms with Crippen LogP contribution in [0.15, 0.2) is 34.9 Å². The van der Waals surface area contributed by atoms with Crippen LogP contribution in [0.25, 0.3) is 0 Å². The summed E-state index contributed by atoms with van der Waals surface area (Å²) in [6.07, 6.45) is 4.35. The standard InChI is InChI=1S/C14H17NO2S/c1-2-12(17-7-1)9-16-10-14-6-5-13(18-14)8-15-11-3-4-11/h1-2,5-7,11,15H,3-4,8-10H2. The van der Waals surface area contributed by atoms with Gasteiger partial charge in [0.05, 0.1) is 12.9 Å². The third-order valence-corrected chi connectivity index (χ3v) is 3.99. The molecule has 18 heavy (non-hydrogen) atoms. The molecule has 1 N–H and O–H groups in total. The Labute approximate surface area is 111 Å². The number of furan rings is 1. The number of nitrogens with one attached hydrogen (secondary N) is 1. The molecule has 0 bridgehead atoms. The van der Waals surface area contributed by atoms with E-state index in [2.05, 4.69) is 17.4 Å². The predicted molar refractivity (Wildman–Crippen MR) is 71.4 cm³/mol. The van der Waals surface area contributed by atoms with Crippen LogP contribution in [0.1, 0.15) is 28.4 Å². The highest BCUT2D eigenvalue weighted by molar-refractivity contribution is 7.11. The van der Waals surface area contributed by atoms with Gasteiger partial charge in [-0.05, 0) is 37.1 Å². The van der Waals surface area contributed by atoms with E-state index in [0.29, 0.717) is 13.2 Å². The average molecular weight is 263 g/mol. The van der Waals surface area contributed by atoms with Crippen molar-refractivity contribution in [3.8, 4) is 0 Å². The van der Waals surface area contributed by atoms with Crippen molar-refractivity contribution in [3.63, 3.8) is 0 Å². The van der Waals surface area contributed by atoms with E-state index < -0.39 is 0 Å². The smallest absolute Gasteiger partial charge is 0.129 e. The summed E-state index contributed by atoms with van der Waals surface area (Å²) in [4.78, 5) is 2.66. The highest BCUT2D eigenvalue weighted by atomic mass is 32.1. The van der Waals surface area contributed by atoms with Crippen molar-refractivity contribution in [1.82, 2.24) is 5.32 Å². The van der Waals surface area contributed by atoms with Gasteiger partial charge in [-0.1, -0.05) is 0 Å². The van der Waals surface area contributed by atoms with Gasteiger partial charge in [-0.2, -0.15) is 0 Å². The summed E-state index contributed by atoms with van der Waals surface area (Å²) in [5.74, 6) is 0.877. The molecule has 1 aliphatic carbocycles. The molecule has 1 fully saturated rings. The Balaban J connectivity index is 1.41. The lowest BCUT2D eigenvalue weighted by atomic mass is 10.4. The Hall–Kier alpha value is -1.10. The topological polar surface area (TPSA) is 34.4 Å². The Kier molecular flexibility index (Phi) is 3.78. The molecule has 2 aromatic heterocycles. The maximum Gasteiger partial charge on any atom is 0.129 e. The molecule has 1 aliphatic rings. The maximum absolute atomic E-state index is 5.61. The van der Waals surface area contributed by atoms with Crippen LogP contribution in [-0.4, -0.2) is 6.04 Å². The van der Waals surface area contributed by atoms with Crippen molar-refractivity contribution in [2.24, 2.45) is 0 Å². The molecule has 0 saturated heterocycles. The van der Waals surface area contributed by atoms with Crippen molar-refractivity contribution in [1.29, 1.82) is 0 Å². The first-order chi connectivity index (χ1) is 8.90. The molecule has 3 nitrogen and oxygen atoms in total. The van der Waals surface area contributed by atoms with Crippen LogP contribution in [0.3, 0.4) is 0 Å². The molecule has 4 heteroatoms. The zero-order chi connectivity index (χ0) is 12.2. The van der Waals surface area contributed by atoms with Gasteiger partial charge in [0.25, 0.3) is 0 Å². The third kappa shape index (κ3) is 3.45. The van der Waals surface area contributed by atoms with E-state index in [9.17, 15) is 0 Å². The van der Waals surface area contributed by atoms with E-state index in [1.807, 2.05) is 23.5 Å². The molecule has 0 aliphatic heterocycles. The lowest BCUT2D eigenvalue weighted by Crippen LogP contribution is -2.14. The van der Waals surface area contributed by atoms with Gasteiger partial charge < -0.3 is 14.5 Å². The summed E-state index contributed by atoms with van der Waals surface area (Å²) in [6, 6.07) is 8.92. The van der Waals surface area contributed by atoms with Crippen molar-refractivity contribution < 1.29 is 9.15 Å². The molecule has 3 rings (SSSR count). The molecule has 2 heterocycles. The van der Waals surface area contributed by atoms with Crippen molar-refractivity contribution >= 4 is 11.3 Å². The molecule has 0 amide bonds. The largest absolute Gasteiger partial charge is 0.467 e. The highest BCUT2D eigenvalue weighted by Crippen LogP contribution is 2.22. The van der Waals surface area contributed by atoms with E-state index in [0.717, 1.165) is 18.3 Å². The van der Waals surface area contributed by atoms with Gasteiger partial charge >= 0.3 is 0 Å². The van der Waals surface area contributed by atoms with Crippen LogP contribution < -0.4 is 5.32 Å². The quantitative estimate of drug-likeness (QED) is 0.832. The summed E-state index contributed by atoms with van der Waals surface area (Å²) in [5, 5.41) is 3.52. The van der Waals surface area contributed by atoms with Gasteiger partial charge in [0, 0.05) is 22.3 Å². The fourth-order valence-corrected chi connectivity index (χ4v) is 2.68. The number of hydrogen-bond acceptors (Lipinski definition) is 4. The molecule has 2 aromatic rings. The molecule has 0 aromatic carbocycles. The van der Waals surface area contributed by atoms with Gasteiger partial charge in [-0.25, -0.2) is 0 Å². The van der Waals surface area contributed by atoms with E-state index >= 15 is 0 Å². The normalized spacial score (nSPS) is 15.1. The van der Waals surface area contributed by atoms with Gasteiger partial charge in [0.2, 0.25) is 0 Å². The van der Waals surface area contributed by atoms with Gasteiger partial charge in [0.15, 0.2) is 0 Å². The molecular formula is C14H17NO2S. The summed E-state index contributed by atoms with van der Waals surface area (Å²) in [5.41, 5.74) is 0. The molecule has 0 spiro atoms. The van der Waals surface area contributed by atoms with E-state index in [1.165, 1.54) is 22.6 Å². The van der Waals surface area contributed by atoms with Crippen LogP contribution in [0.2, 0.25) is 0 Å². The average Bonchev–Trinajstić information content (AvgIpc) is 2.89. The Morgan fingerprint density at radius 3 is 2.89 bits per heavy atom. The number of rotatable bonds is 7. The summed E-state index contributed by atoms with van der Waals surface area (Å²) < 4.78 is 10.8. The molecule has 0 radical (unpaired) electrons. The molecule has 0 atom stereocenters. The number of thiophene rings is 1. The zero-order valence-electron chi connectivity index (χ0n) is 10.2. The Morgan fingerprint density at radius 1 is 1.22 bits per heavy atom. The molecule has 96 valence electrons. The molecular weight excluding hydrogens is 246 g/mol. The maximum atomic E-state index is 5.61. The van der Waals surface area contributed by atoms with Gasteiger partial charge in [-0.3, -0.25) is 0 Å². The van der Waals surface area contributed by atoms with Crippen LogP contribution >= 0.6 is 11.3 Å². The lowest BCUT2D eigenvalue weighted by Gasteiger charge is -2.00. The number of hydrogen-bond donors (Lipinski definition) is 1. The lowest BCUT2D eigenvalue weighted by molar-refractivity contribution is 0.0948. The van der Waals surface area contributed by atoms with Gasteiger partial charge in [0.1, 0.15) is 12.4 Å². The first kappa shape index (κ1) is 12.0. The molecule has 0 unspecified atom stereocenters. The van der Waals surface area contributed by atoms with Crippen molar-refractivity contribution in [3.05, 3.63) is 46.0 Å². The first-order valence-corrected chi connectivity index (χ1v) is 7.13. The Bertz CT molecular complexity index is 474. The van der Waals surface area contributed by atoms with Crippen molar-refractivity contribution in [2.75, 3.05) is 0 Å². The monoisotopic (exact) mass is 263 g/mol. The van der Waals surface area contributed by atoms with Crippen LogP contribution in [0, 0.1) is 0 Å². The van der Waals surface area contributed by atoms with Crippen LogP contribution in [-0.2, 0) is 24.5 Å². The Morgan fingerprint density at radius 2 is 2.11 bits per heavy atom. The minimum absolute atomic E-state index is 0.542. The second-order valence-corrected chi connectivity index (χ2v) is 5.85. The van der Waals surface area contributed by atoms with Gasteiger partial charge in [-0.15, -0.1) is 11.3 Å². The minimum Gasteiger partial charge on any atom is -0.467 e. The fraction of sp³-hybridized carbons (Fsp3) is 0.429. The second-order valence-electron chi connectivity index (χ2n) is 4.60. The summed E-state index contributed by atoms with van der Waals surface area (Å²) in [7, 11) is 0. The van der Waals surface area contributed by atoms with E-state index in [1.54, 1.807) is 6.26 Å². The minimum atomic E-state index is 0.542. The summed E-state index contributed by atoms with van der Waals surface area (Å²) in [6.45, 7) is 2.20. The van der Waals surface area contributed by atoms with E-state index in [4.69, 9.17) is 9.15 Å². The van der Waals surface area contributed by atoms with Crippen molar-refractivity contribution in [2.45, 2.75) is 38.6 Å². The predicted octanol–water partition coefficient (Wildman–Crippen LogP) is 3.31. The SMILES string of the molecule is c1coc(COCc2ccc(CNC3CC3)s2)c1. The van der Waals surface area contributed by atoms with Crippen LogP contribution in [0.4, 0.5) is 0 Å². The summed E-state index contributed by atoms with van der Waals surface area (Å²) >= 11 is 1.82. The number of ether oxygens (including phenoxy) is 1. The highest BCUT2D eigenvalue weighted by Gasteiger charge is 2.20.